The van der Waals surface area contributed by atoms with E-state index in [1.807, 2.05) is 0 Å². The molecule has 0 radical (unpaired) electrons. The Kier molecular flexibility index (Phi) is 4.83. The lowest BCUT2D eigenvalue weighted by Gasteiger charge is -2.34. The summed E-state index contributed by atoms with van der Waals surface area (Å²) in [6.07, 6.45) is 2.11. The van der Waals surface area contributed by atoms with Gasteiger partial charge in [-0.2, -0.15) is 0 Å². The lowest BCUT2D eigenvalue weighted by molar-refractivity contribution is -0.384. The molecule has 0 spiro atoms. The number of nitro benzene ring substituents is 1. The van der Waals surface area contributed by atoms with E-state index >= 15 is 0 Å². The minimum atomic E-state index is -0.385. The second-order valence-electron chi connectivity index (χ2n) is 5.56. The lowest BCUT2D eigenvalue weighted by Crippen LogP contribution is -2.37. The van der Waals surface area contributed by atoms with Crippen LogP contribution < -0.4 is 4.90 Å². The van der Waals surface area contributed by atoms with Crippen LogP contribution in [0.3, 0.4) is 0 Å². The normalized spacial score (nSPS) is 16.7. The predicted molar refractivity (Wildman–Crippen MR) is 81.6 cm³/mol. The molecule has 6 heteroatoms. The maximum absolute atomic E-state index is 11.2. The molecule has 0 saturated carbocycles. The molecule has 0 bridgehead atoms. The highest BCUT2D eigenvalue weighted by Gasteiger charge is 2.26. The molecule has 1 aliphatic rings. The molecule has 0 unspecified atom stereocenters. The Morgan fingerprint density at radius 2 is 2.05 bits per heavy atom. The van der Waals surface area contributed by atoms with Crippen LogP contribution in [0.5, 0.6) is 0 Å². The molecule has 0 atom stereocenters. The highest BCUT2D eigenvalue weighted by Crippen LogP contribution is 2.36. The van der Waals surface area contributed by atoms with Crippen LogP contribution in [0.1, 0.15) is 12.8 Å². The van der Waals surface area contributed by atoms with Crippen LogP contribution in [0, 0.1) is 16.0 Å². The van der Waals surface area contributed by atoms with Crippen LogP contribution in [0.25, 0.3) is 0 Å². The van der Waals surface area contributed by atoms with Gasteiger partial charge < -0.3 is 9.80 Å². The van der Waals surface area contributed by atoms with Crippen molar-refractivity contribution in [1.29, 1.82) is 0 Å². The van der Waals surface area contributed by atoms with Crippen molar-refractivity contribution in [3.05, 3.63) is 33.3 Å². The molecular formula is C14H20ClN3O2. The molecule has 1 heterocycles. The number of rotatable bonds is 4. The zero-order valence-electron chi connectivity index (χ0n) is 11.9. The summed E-state index contributed by atoms with van der Waals surface area (Å²) in [4.78, 5) is 15.1. The van der Waals surface area contributed by atoms with Crippen LogP contribution in [0.4, 0.5) is 11.4 Å². The molecule has 0 aliphatic carbocycles. The van der Waals surface area contributed by atoms with Gasteiger partial charge in [-0.05, 0) is 45.0 Å². The second kappa shape index (κ2) is 6.41. The van der Waals surface area contributed by atoms with Gasteiger partial charge in [-0.15, -0.1) is 0 Å². The van der Waals surface area contributed by atoms with Crippen LogP contribution in [0.2, 0.25) is 5.02 Å². The third-order valence-electron chi connectivity index (χ3n) is 3.73. The first kappa shape index (κ1) is 15.1. The number of hydrogen-bond acceptors (Lipinski definition) is 4. The van der Waals surface area contributed by atoms with Gasteiger partial charge in [0, 0.05) is 19.6 Å². The van der Waals surface area contributed by atoms with Crippen molar-refractivity contribution >= 4 is 23.0 Å². The molecular weight excluding hydrogens is 278 g/mol. The fourth-order valence-electron chi connectivity index (χ4n) is 2.81. The molecule has 20 heavy (non-hydrogen) atoms. The monoisotopic (exact) mass is 297 g/mol. The van der Waals surface area contributed by atoms with E-state index in [9.17, 15) is 10.1 Å². The van der Waals surface area contributed by atoms with E-state index in [-0.39, 0.29) is 15.6 Å². The molecule has 110 valence electrons. The summed E-state index contributed by atoms with van der Waals surface area (Å²) >= 11 is 5.97. The van der Waals surface area contributed by atoms with Crippen LogP contribution in [-0.4, -0.2) is 43.6 Å². The van der Waals surface area contributed by atoms with Crippen LogP contribution in [0.15, 0.2) is 18.2 Å². The zero-order chi connectivity index (χ0) is 14.7. The van der Waals surface area contributed by atoms with Gasteiger partial charge >= 0.3 is 5.69 Å². The number of para-hydroxylation sites is 1. The van der Waals surface area contributed by atoms with E-state index in [2.05, 4.69) is 23.9 Å². The summed E-state index contributed by atoms with van der Waals surface area (Å²) in [5, 5.41) is 11.4. The number of benzene rings is 1. The lowest BCUT2D eigenvalue weighted by atomic mass is 9.96. The Morgan fingerprint density at radius 1 is 1.40 bits per heavy atom. The van der Waals surface area contributed by atoms with Crippen molar-refractivity contribution < 1.29 is 4.92 Å². The van der Waals surface area contributed by atoms with E-state index in [1.165, 1.54) is 0 Å². The number of nitrogens with zero attached hydrogens (tertiary/aromatic N) is 3. The molecule has 1 aromatic rings. The zero-order valence-corrected chi connectivity index (χ0v) is 12.6. The summed E-state index contributed by atoms with van der Waals surface area (Å²) < 4.78 is 0. The molecule has 0 aromatic heterocycles. The van der Waals surface area contributed by atoms with Crippen molar-refractivity contribution in [3.63, 3.8) is 0 Å². The van der Waals surface area contributed by atoms with E-state index in [0.29, 0.717) is 11.6 Å². The van der Waals surface area contributed by atoms with Crippen LogP contribution >= 0.6 is 11.6 Å². The van der Waals surface area contributed by atoms with Crippen molar-refractivity contribution in [2.24, 2.45) is 5.92 Å². The fourth-order valence-corrected chi connectivity index (χ4v) is 3.05. The predicted octanol–water partition coefficient (Wildman–Crippen LogP) is 3.03. The Balaban J connectivity index is 2.11. The number of nitro groups is 1. The highest BCUT2D eigenvalue weighted by atomic mass is 35.5. The standard InChI is InChI=1S/C14H20ClN3O2/c1-16(2)10-11-6-8-17(9-7-11)13-5-3-4-12(15)14(13)18(19)20/h3-5,11H,6-10H2,1-2H3. The molecule has 2 rings (SSSR count). The van der Waals surface area contributed by atoms with Gasteiger partial charge in [-0.25, -0.2) is 0 Å². The molecule has 0 amide bonds. The van der Waals surface area contributed by atoms with E-state index in [4.69, 9.17) is 11.6 Å². The summed E-state index contributed by atoms with van der Waals surface area (Å²) in [6, 6.07) is 5.13. The maximum Gasteiger partial charge on any atom is 0.310 e. The molecule has 0 N–H and O–H groups in total. The van der Waals surface area contributed by atoms with E-state index in [0.717, 1.165) is 32.5 Å². The number of anilines is 1. The first-order valence-electron chi connectivity index (χ1n) is 6.81. The topological polar surface area (TPSA) is 49.6 Å². The van der Waals surface area contributed by atoms with Gasteiger partial charge in [-0.3, -0.25) is 10.1 Å². The first-order chi connectivity index (χ1) is 9.49. The van der Waals surface area contributed by atoms with Gasteiger partial charge in [0.05, 0.1) is 4.92 Å². The summed E-state index contributed by atoms with van der Waals surface area (Å²) in [5.41, 5.74) is 0.672. The largest absolute Gasteiger partial charge is 0.366 e. The molecule has 1 aromatic carbocycles. The number of piperidine rings is 1. The Hall–Kier alpha value is -1.33. The Bertz CT molecular complexity index is 485. The Labute approximate surface area is 124 Å². The van der Waals surface area contributed by atoms with E-state index < -0.39 is 0 Å². The van der Waals surface area contributed by atoms with Gasteiger partial charge in [0.15, 0.2) is 0 Å². The first-order valence-corrected chi connectivity index (χ1v) is 7.19. The minimum absolute atomic E-state index is 0.0280. The quantitative estimate of drug-likeness (QED) is 0.633. The highest BCUT2D eigenvalue weighted by molar-refractivity contribution is 6.33. The summed E-state index contributed by atoms with van der Waals surface area (Å²) in [5.74, 6) is 0.666. The van der Waals surface area contributed by atoms with Gasteiger partial charge in [0.2, 0.25) is 0 Å². The SMILES string of the molecule is CN(C)CC1CCN(c2cccc(Cl)c2[N+](=O)[O-])CC1. The molecule has 5 nitrogen and oxygen atoms in total. The summed E-state index contributed by atoms with van der Waals surface area (Å²) in [7, 11) is 4.16. The van der Waals surface area contributed by atoms with Gasteiger partial charge in [-0.1, -0.05) is 17.7 Å². The van der Waals surface area contributed by atoms with E-state index in [1.54, 1.807) is 18.2 Å². The van der Waals surface area contributed by atoms with Gasteiger partial charge in [0.1, 0.15) is 10.7 Å². The number of hydrogen-bond donors (Lipinski definition) is 0. The average molecular weight is 298 g/mol. The third kappa shape index (κ3) is 3.41. The summed E-state index contributed by atoms with van der Waals surface area (Å²) in [6.45, 7) is 2.77. The molecule has 1 aliphatic heterocycles. The molecule has 1 saturated heterocycles. The smallest absolute Gasteiger partial charge is 0.310 e. The molecule has 1 fully saturated rings. The number of halogens is 1. The van der Waals surface area contributed by atoms with Crippen molar-refractivity contribution in [2.75, 3.05) is 38.6 Å². The average Bonchev–Trinajstić information content (AvgIpc) is 2.38. The van der Waals surface area contributed by atoms with Gasteiger partial charge in [0.25, 0.3) is 0 Å². The Morgan fingerprint density at radius 3 is 2.60 bits per heavy atom. The maximum atomic E-state index is 11.2. The van der Waals surface area contributed by atoms with Crippen molar-refractivity contribution in [1.82, 2.24) is 4.90 Å². The van der Waals surface area contributed by atoms with Crippen molar-refractivity contribution in [2.45, 2.75) is 12.8 Å². The second-order valence-corrected chi connectivity index (χ2v) is 5.96. The minimum Gasteiger partial charge on any atom is -0.366 e. The van der Waals surface area contributed by atoms with Crippen LogP contribution in [-0.2, 0) is 0 Å². The fraction of sp³-hybridized carbons (Fsp3) is 0.571. The third-order valence-corrected chi connectivity index (χ3v) is 4.03. The van der Waals surface area contributed by atoms with Crippen molar-refractivity contribution in [3.8, 4) is 0 Å².